The molecule has 160 valence electrons. The number of nitrogens with one attached hydrogen (secondary N) is 3. The summed E-state index contributed by atoms with van der Waals surface area (Å²) in [5.41, 5.74) is 4.00. The molecule has 29 heavy (non-hydrogen) atoms. The van der Waals surface area contributed by atoms with Gasteiger partial charge in [-0.15, -0.1) is 0 Å². The van der Waals surface area contributed by atoms with Crippen molar-refractivity contribution in [1.29, 1.82) is 0 Å². The Morgan fingerprint density at radius 3 is 2.79 bits per heavy atom. The minimum absolute atomic E-state index is 0.0977. The third-order valence-corrected chi connectivity index (χ3v) is 5.76. The SMILES string of the molecule is CCNC(=NCCCN1CCC(O)CC1)NCCc1c[nH]c2c(CC)cccc12. The maximum absolute atomic E-state index is 9.60. The third kappa shape index (κ3) is 6.21. The van der Waals surface area contributed by atoms with Crippen molar-refractivity contribution < 1.29 is 5.11 Å². The fourth-order valence-corrected chi connectivity index (χ4v) is 4.06. The Morgan fingerprint density at radius 2 is 2.03 bits per heavy atom. The number of aliphatic imine (C=N–C) groups is 1. The molecular formula is C23H37N5O. The Kier molecular flexibility index (Phi) is 8.38. The van der Waals surface area contributed by atoms with Crippen LogP contribution >= 0.6 is 0 Å². The zero-order chi connectivity index (χ0) is 20.5. The lowest BCUT2D eigenvalue weighted by Crippen LogP contribution is -2.39. The molecule has 0 saturated carbocycles. The topological polar surface area (TPSA) is 75.7 Å². The second kappa shape index (κ2) is 11.2. The van der Waals surface area contributed by atoms with Crippen LogP contribution < -0.4 is 10.6 Å². The van der Waals surface area contributed by atoms with Crippen LogP contribution in [0.4, 0.5) is 0 Å². The zero-order valence-corrected chi connectivity index (χ0v) is 18.0. The van der Waals surface area contributed by atoms with E-state index in [9.17, 15) is 5.11 Å². The molecule has 4 N–H and O–H groups in total. The standard InChI is InChI=1S/C23H37N5O/c1-3-18-7-5-8-21-19(17-27-22(18)21)9-13-26-23(24-4-2)25-12-6-14-28-15-10-20(29)11-16-28/h5,7-8,17,20,27,29H,3-4,6,9-16H2,1-2H3,(H2,24,25,26). The molecule has 3 rings (SSSR count). The van der Waals surface area contributed by atoms with Crippen molar-refractivity contribution in [1.82, 2.24) is 20.5 Å². The molecule has 1 saturated heterocycles. The monoisotopic (exact) mass is 399 g/mol. The number of rotatable bonds is 9. The number of benzene rings is 1. The summed E-state index contributed by atoms with van der Waals surface area (Å²) in [7, 11) is 0. The van der Waals surface area contributed by atoms with Crippen molar-refractivity contribution in [2.75, 3.05) is 39.3 Å². The van der Waals surface area contributed by atoms with Crippen LogP contribution in [-0.4, -0.2) is 66.3 Å². The predicted octanol–water partition coefficient (Wildman–Crippen LogP) is 2.67. The molecule has 6 heteroatoms. The molecule has 1 aliphatic rings. The lowest BCUT2D eigenvalue weighted by molar-refractivity contribution is 0.0824. The van der Waals surface area contributed by atoms with E-state index in [1.807, 2.05) is 0 Å². The molecule has 0 aliphatic carbocycles. The quantitative estimate of drug-likeness (QED) is 0.297. The first-order chi connectivity index (χ1) is 14.2. The number of aromatic nitrogens is 1. The summed E-state index contributed by atoms with van der Waals surface area (Å²) < 4.78 is 0. The molecule has 0 amide bonds. The number of guanidine groups is 1. The smallest absolute Gasteiger partial charge is 0.191 e. The summed E-state index contributed by atoms with van der Waals surface area (Å²) >= 11 is 0. The molecule has 1 aliphatic heterocycles. The van der Waals surface area contributed by atoms with Crippen LogP contribution in [-0.2, 0) is 12.8 Å². The van der Waals surface area contributed by atoms with Crippen molar-refractivity contribution in [2.24, 2.45) is 4.99 Å². The van der Waals surface area contributed by atoms with Crippen LogP contribution in [0.3, 0.4) is 0 Å². The van der Waals surface area contributed by atoms with E-state index >= 15 is 0 Å². The minimum Gasteiger partial charge on any atom is -0.393 e. The Hall–Kier alpha value is -2.05. The fraction of sp³-hybridized carbons (Fsp3) is 0.609. The number of para-hydroxylation sites is 1. The van der Waals surface area contributed by atoms with E-state index in [1.54, 1.807) is 0 Å². The average Bonchev–Trinajstić information content (AvgIpc) is 3.15. The largest absolute Gasteiger partial charge is 0.393 e. The molecule has 0 radical (unpaired) electrons. The van der Waals surface area contributed by atoms with Gasteiger partial charge in [0.25, 0.3) is 0 Å². The highest BCUT2D eigenvalue weighted by Crippen LogP contribution is 2.22. The second-order valence-corrected chi connectivity index (χ2v) is 7.87. The number of aliphatic hydroxyl groups excluding tert-OH is 1. The van der Waals surface area contributed by atoms with Crippen LogP contribution in [0.25, 0.3) is 10.9 Å². The Labute approximate surface area is 174 Å². The lowest BCUT2D eigenvalue weighted by atomic mass is 10.1. The van der Waals surface area contributed by atoms with Gasteiger partial charge in [0, 0.05) is 49.8 Å². The Balaban J connectivity index is 1.45. The number of aliphatic hydroxyl groups is 1. The number of hydrogen-bond donors (Lipinski definition) is 4. The highest BCUT2D eigenvalue weighted by Gasteiger charge is 2.16. The number of aromatic amines is 1. The van der Waals surface area contributed by atoms with Gasteiger partial charge in [-0.1, -0.05) is 25.1 Å². The van der Waals surface area contributed by atoms with Gasteiger partial charge in [-0.2, -0.15) is 0 Å². The number of fused-ring (bicyclic) bond motifs is 1. The number of piperidine rings is 1. The fourth-order valence-electron chi connectivity index (χ4n) is 4.06. The highest BCUT2D eigenvalue weighted by atomic mass is 16.3. The van der Waals surface area contributed by atoms with E-state index in [4.69, 9.17) is 4.99 Å². The average molecular weight is 400 g/mol. The van der Waals surface area contributed by atoms with Gasteiger partial charge >= 0.3 is 0 Å². The first kappa shape index (κ1) is 21.7. The molecule has 2 heterocycles. The van der Waals surface area contributed by atoms with Crippen LogP contribution in [0.15, 0.2) is 29.4 Å². The molecule has 0 spiro atoms. The highest BCUT2D eigenvalue weighted by molar-refractivity contribution is 5.86. The summed E-state index contributed by atoms with van der Waals surface area (Å²) in [6, 6.07) is 6.56. The van der Waals surface area contributed by atoms with E-state index in [0.29, 0.717) is 0 Å². The molecule has 0 atom stereocenters. The molecule has 6 nitrogen and oxygen atoms in total. The van der Waals surface area contributed by atoms with E-state index in [1.165, 1.54) is 22.0 Å². The van der Waals surface area contributed by atoms with Gasteiger partial charge in [-0.05, 0) is 56.7 Å². The Morgan fingerprint density at radius 1 is 1.21 bits per heavy atom. The maximum atomic E-state index is 9.60. The van der Waals surface area contributed by atoms with Crippen LogP contribution in [0.1, 0.15) is 44.2 Å². The van der Waals surface area contributed by atoms with Crippen molar-refractivity contribution in [2.45, 2.75) is 52.1 Å². The minimum atomic E-state index is -0.0977. The van der Waals surface area contributed by atoms with Gasteiger partial charge in [0.2, 0.25) is 0 Å². The Bertz CT molecular complexity index is 777. The van der Waals surface area contributed by atoms with E-state index in [0.717, 1.165) is 77.3 Å². The molecule has 0 unspecified atom stereocenters. The van der Waals surface area contributed by atoms with Crippen LogP contribution in [0.5, 0.6) is 0 Å². The number of nitrogens with zero attached hydrogens (tertiary/aromatic N) is 2. The zero-order valence-electron chi connectivity index (χ0n) is 18.0. The van der Waals surface area contributed by atoms with Gasteiger partial charge in [0.1, 0.15) is 0 Å². The van der Waals surface area contributed by atoms with Gasteiger partial charge in [-0.3, -0.25) is 4.99 Å². The summed E-state index contributed by atoms with van der Waals surface area (Å²) in [6.45, 7) is 9.92. The molecule has 1 aromatic carbocycles. The number of H-pyrrole nitrogens is 1. The van der Waals surface area contributed by atoms with Gasteiger partial charge < -0.3 is 25.6 Å². The first-order valence-electron chi connectivity index (χ1n) is 11.2. The summed E-state index contributed by atoms with van der Waals surface area (Å²) in [6.07, 6.45) is 6.92. The normalized spacial score (nSPS) is 16.4. The summed E-state index contributed by atoms with van der Waals surface area (Å²) in [4.78, 5) is 10.6. The molecule has 2 aromatic rings. The maximum Gasteiger partial charge on any atom is 0.191 e. The molecule has 0 bridgehead atoms. The van der Waals surface area contributed by atoms with Crippen LogP contribution in [0.2, 0.25) is 0 Å². The van der Waals surface area contributed by atoms with Crippen LogP contribution in [0, 0.1) is 0 Å². The number of hydrogen-bond acceptors (Lipinski definition) is 3. The van der Waals surface area contributed by atoms with Crippen molar-refractivity contribution >= 4 is 16.9 Å². The van der Waals surface area contributed by atoms with Gasteiger partial charge in [-0.25, -0.2) is 0 Å². The van der Waals surface area contributed by atoms with E-state index < -0.39 is 0 Å². The van der Waals surface area contributed by atoms with Gasteiger partial charge in [0.15, 0.2) is 5.96 Å². The lowest BCUT2D eigenvalue weighted by Gasteiger charge is -2.29. The van der Waals surface area contributed by atoms with E-state index in [-0.39, 0.29) is 6.10 Å². The van der Waals surface area contributed by atoms with Crippen molar-refractivity contribution in [3.05, 3.63) is 35.5 Å². The van der Waals surface area contributed by atoms with E-state index in [2.05, 4.69) is 58.8 Å². The van der Waals surface area contributed by atoms with Crippen molar-refractivity contribution in [3.8, 4) is 0 Å². The second-order valence-electron chi connectivity index (χ2n) is 7.87. The summed E-state index contributed by atoms with van der Waals surface area (Å²) in [5.74, 6) is 0.899. The molecule has 1 aromatic heterocycles. The molecule has 1 fully saturated rings. The third-order valence-electron chi connectivity index (χ3n) is 5.76. The first-order valence-corrected chi connectivity index (χ1v) is 11.2. The number of aryl methyl sites for hydroxylation is 1. The summed E-state index contributed by atoms with van der Waals surface area (Å²) in [5, 5.41) is 17.8. The van der Waals surface area contributed by atoms with Gasteiger partial charge in [0.05, 0.1) is 6.10 Å². The molecular weight excluding hydrogens is 362 g/mol. The van der Waals surface area contributed by atoms with Crippen molar-refractivity contribution in [3.63, 3.8) is 0 Å². The predicted molar refractivity (Wildman–Crippen MR) is 122 cm³/mol. The number of likely N-dealkylation sites (tertiary alicyclic amines) is 1.